The molecule has 35 heavy (non-hydrogen) atoms. The van der Waals surface area contributed by atoms with Crippen LogP contribution in [-0.4, -0.2) is 57.2 Å². The first-order valence-electron chi connectivity index (χ1n) is 11.8. The summed E-state index contributed by atoms with van der Waals surface area (Å²) in [5.74, 6) is 1.19. The van der Waals surface area contributed by atoms with Crippen LogP contribution < -0.4 is 19.8 Å². The summed E-state index contributed by atoms with van der Waals surface area (Å²) in [6.07, 6.45) is 1.14. The van der Waals surface area contributed by atoms with Crippen LogP contribution in [0.15, 0.2) is 18.2 Å². The van der Waals surface area contributed by atoms with Gasteiger partial charge in [0.15, 0.2) is 22.9 Å². The Morgan fingerprint density at radius 1 is 1.14 bits per heavy atom. The molecule has 0 aliphatic carbocycles. The number of hydrogen-bond acceptors (Lipinski definition) is 8. The largest absolute Gasteiger partial charge is 0.493 e. The fraction of sp³-hybridized carbons (Fsp3) is 0.520. The van der Waals surface area contributed by atoms with Gasteiger partial charge in [0, 0.05) is 35.8 Å². The van der Waals surface area contributed by atoms with Gasteiger partial charge in [0.1, 0.15) is 6.54 Å². The van der Waals surface area contributed by atoms with Crippen molar-refractivity contribution in [1.82, 2.24) is 19.4 Å². The number of benzene rings is 1. The number of hydrogen-bond donors (Lipinski definition) is 2. The zero-order chi connectivity index (χ0) is 25.8. The molecule has 0 atom stereocenters. The highest BCUT2D eigenvalue weighted by atomic mass is 16.5. The molecular formula is C25H35N5O5. The Morgan fingerprint density at radius 3 is 2.49 bits per heavy atom. The lowest BCUT2D eigenvalue weighted by Crippen LogP contribution is -2.26. The highest BCUT2D eigenvalue weighted by Crippen LogP contribution is 2.40. The molecule has 0 radical (unpaired) electrons. The van der Waals surface area contributed by atoms with E-state index < -0.39 is 0 Å². The topological polar surface area (TPSA) is 124 Å². The maximum Gasteiger partial charge on any atom is 0.242 e. The van der Waals surface area contributed by atoms with Crippen molar-refractivity contribution in [2.75, 3.05) is 26.9 Å². The van der Waals surface area contributed by atoms with E-state index in [0.29, 0.717) is 54.6 Å². The van der Waals surface area contributed by atoms with Gasteiger partial charge in [-0.2, -0.15) is 4.52 Å². The van der Waals surface area contributed by atoms with Gasteiger partial charge in [-0.15, -0.1) is 10.2 Å². The third-order valence-electron chi connectivity index (χ3n) is 5.56. The maximum atomic E-state index is 13.4. The Kier molecular flexibility index (Phi) is 8.16. The molecule has 3 aromatic rings. The molecule has 0 spiro atoms. The fourth-order valence-corrected chi connectivity index (χ4v) is 3.75. The van der Waals surface area contributed by atoms with Crippen molar-refractivity contribution >= 4 is 11.4 Å². The van der Waals surface area contributed by atoms with Gasteiger partial charge in [-0.05, 0) is 30.9 Å². The molecule has 10 nitrogen and oxygen atoms in total. The van der Waals surface area contributed by atoms with E-state index in [1.54, 1.807) is 13.2 Å². The number of Topliss-reactive ketones (excluding diaryl/α,β-unsaturated/α-hetero) is 1. The van der Waals surface area contributed by atoms with Gasteiger partial charge in [-0.25, -0.2) is 4.68 Å². The summed E-state index contributed by atoms with van der Waals surface area (Å²) in [5.41, 5.74) is 2.32. The number of ketones is 1. The van der Waals surface area contributed by atoms with E-state index in [4.69, 9.17) is 24.7 Å². The number of carbonyl (C=O) groups excluding carboxylic acids is 1. The Hall–Kier alpha value is -3.40. The molecule has 0 saturated carbocycles. The Morgan fingerprint density at radius 2 is 1.89 bits per heavy atom. The van der Waals surface area contributed by atoms with Crippen LogP contribution in [0.1, 0.15) is 62.5 Å². The lowest BCUT2D eigenvalue weighted by molar-refractivity contribution is 0.0964. The molecule has 190 valence electrons. The SMILES string of the molecule is CCOc1cc(CC)c2nn(CC(=O)c3cc(OCCCO)c(OC)c(C(C)(C)C)c3)c(=N)n2n1. The number of aromatic nitrogens is 4. The van der Waals surface area contributed by atoms with Crippen molar-refractivity contribution in [3.8, 4) is 17.4 Å². The van der Waals surface area contributed by atoms with Crippen molar-refractivity contribution in [1.29, 1.82) is 5.41 Å². The predicted octanol–water partition coefficient (Wildman–Crippen LogP) is 2.92. The van der Waals surface area contributed by atoms with Crippen LogP contribution >= 0.6 is 0 Å². The van der Waals surface area contributed by atoms with Crippen LogP contribution in [0.5, 0.6) is 17.4 Å². The number of fused-ring (bicyclic) bond motifs is 1. The second-order valence-corrected chi connectivity index (χ2v) is 9.17. The quantitative estimate of drug-likeness (QED) is 0.316. The number of aliphatic hydroxyl groups excluding tert-OH is 1. The number of ether oxygens (including phenoxy) is 3. The lowest BCUT2D eigenvalue weighted by atomic mass is 9.84. The summed E-state index contributed by atoms with van der Waals surface area (Å²) < 4.78 is 19.8. The van der Waals surface area contributed by atoms with Gasteiger partial charge in [-0.1, -0.05) is 27.7 Å². The smallest absolute Gasteiger partial charge is 0.242 e. The number of carbonyl (C=O) groups is 1. The summed E-state index contributed by atoms with van der Waals surface area (Å²) in [5, 5.41) is 26.5. The van der Waals surface area contributed by atoms with Crippen molar-refractivity contribution in [2.24, 2.45) is 0 Å². The van der Waals surface area contributed by atoms with Gasteiger partial charge in [0.05, 0.1) is 20.3 Å². The van der Waals surface area contributed by atoms with E-state index in [9.17, 15) is 4.79 Å². The van der Waals surface area contributed by atoms with Gasteiger partial charge in [0.25, 0.3) is 0 Å². The van der Waals surface area contributed by atoms with Crippen LogP contribution in [-0.2, 0) is 18.4 Å². The average molecular weight is 486 g/mol. The molecule has 2 N–H and O–H groups in total. The number of nitrogens with one attached hydrogen (secondary N) is 1. The van der Waals surface area contributed by atoms with Crippen molar-refractivity contribution in [3.63, 3.8) is 0 Å². The predicted molar refractivity (Wildman–Crippen MR) is 131 cm³/mol. The molecule has 0 amide bonds. The van der Waals surface area contributed by atoms with Crippen molar-refractivity contribution in [3.05, 3.63) is 40.5 Å². The van der Waals surface area contributed by atoms with Gasteiger partial charge in [0.2, 0.25) is 11.5 Å². The Bertz CT molecular complexity index is 1260. The molecule has 0 saturated heterocycles. The minimum absolute atomic E-state index is 0.00264. The molecule has 10 heteroatoms. The van der Waals surface area contributed by atoms with E-state index in [1.807, 2.05) is 46.8 Å². The highest BCUT2D eigenvalue weighted by molar-refractivity contribution is 5.97. The molecule has 0 unspecified atom stereocenters. The molecule has 0 bridgehead atoms. The summed E-state index contributed by atoms with van der Waals surface area (Å²) >= 11 is 0. The fourth-order valence-electron chi connectivity index (χ4n) is 3.75. The molecule has 0 aliphatic heterocycles. The van der Waals surface area contributed by atoms with Gasteiger partial charge < -0.3 is 19.3 Å². The van der Waals surface area contributed by atoms with Crippen molar-refractivity contribution < 1.29 is 24.1 Å². The number of nitrogens with zero attached hydrogens (tertiary/aromatic N) is 4. The average Bonchev–Trinajstić information content (AvgIpc) is 3.13. The first kappa shape index (κ1) is 26.2. The maximum absolute atomic E-state index is 13.4. The summed E-state index contributed by atoms with van der Waals surface area (Å²) in [6, 6.07) is 5.27. The number of aliphatic hydroxyl groups is 1. The molecule has 0 fully saturated rings. The third kappa shape index (κ3) is 5.64. The second-order valence-electron chi connectivity index (χ2n) is 9.17. The molecule has 1 aromatic carbocycles. The molecule has 2 aromatic heterocycles. The first-order chi connectivity index (χ1) is 16.6. The van der Waals surface area contributed by atoms with E-state index in [0.717, 1.165) is 11.1 Å². The molecular weight excluding hydrogens is 450 g/mol. The summed E-state index contributed by atoms with van der Waals surface area (Å²) in [4.78, 5) is 13.4. The minimum Gasteiger partial charge on any atom is -0.493 e. The summed E-state index contributed by atoms with van der Waals surface area (Å²) in [6.45, 7) is 10.6. The number of methoxy groups -OCH3 is 1. The molecule has 2 heterocycles. The van der Waals surface area contributed by atoms with Gasteiger partial charge >= 0.3 is 0 Å². The first-order valence-corrected chi connectivity index (χ1v) is 11.8. The van der Waals surface area contributed by atoms with E-state index in [2.05, 4.69) is 10.2 Å². The van der Waals surface area contributed by atoms with Crippen LogP contribution in [0, 0.1) is 5.41 Å². The standard InChI is InChI=1S/C25H35N5O5/c1-7-16-14-21(34-8-2)27-30-23(16)28-29(24(30)26)15-19(32)17-12-18(25(3,4)5)22(33-6)20(13-17)35-11-9-10-31/h12-14,26,31H,7-11,15H2,1-6H3. The minimum atomic E-state index is -0.316. The molecule has 3 rings (SSSR count). The second kappa shape index (κ2) is 10.9. The van der Waals surface area contributed by atoms with Crippen LogP contribution in [0.2, 0.25) is 0 Å². The monoisotopic (exact) mass is 485 g/mol. The number of rotatable bonds is 11. The molecule has 0 aliphatic rings. The van der Waals surface area contributed by atoms with E-state index in [1.165, 1.54) is 9.20 Å². The van der Waals surface area contributed by atoms with Crippen molar-refractivity contribution in [2.45, 2.75) is 59.4 Å². The zero-order valence-electron chi connectivity index (χ0n) is 21.3. The zero-order valence-corrected chi connectivity index (χ0v) is 21.3. The third-order valence-corrected chi connectivity index (χ3v) is 5.56. The lowest BCUT2D eigenvalue weighted by Gasteiger charge is -2.25. The normalized spacial score (nSPS) is 11.6. The highest BCUT2D eigenvalue weighted by Gasteiger charge is 2.25. The van der Waals surface area contributed by atoms with Crippen LogP contribution in [0.4, 0.5) is 0 Å². The van der Waals surface area contributed by atoms with Crippen LogP contribution in [0.3, 0.4) is 0 Å². The Labute approximate surface area is 205 Å². The summed E-state index contributed by atoms with van der Waals surface area (Å²) in [7, 11) is 1.57. The number of aryl methyl sites for hydroxylation is 1. The van der Waals surface area contributed by atoms with E-state index >= 15 is 0 Å². The van der Waals surface area contributed by atoms with E-state index in [-0.39, 0.29) is 30.0 Å². The van der Waals surface area contributed by atoms with Crippen LogP contribution in [0.25, 0.3) is 5.65 Å². The Balaban J connectivity index is 2.03. The van der Waals surface area contributed by atoms with Gasteiger partial charge in [-0.3, -0.25) is 10.2 Å².